The zero-order chi connectivity index (χ0) is 17.3. The molecule has 16 nitrogen and oxygen atoms in total. The third-order valence-electron chi connectivity index (χ3n) is 0.825. The van der Waals surface area contributed by atoms with Crippen LogP contribution in [0.5, 0.6) is 0 Å². The molecule has 128 valence electrons. The first kappa shape index (κ1) is 25.7. The van der Waals surface area contributed by atoms with E-state index in [0.29, 0.717) is 0 Å². The van der Waals surface area contributed by atoms with E-state index in [2.05, 4.69) is 17.2 Å². The van der Waals surface area contributed by atoms with Gasteiger partial charge in [0.15, 0.2) is 0 Å². The number of hydrogen-bond acceptors (Lipinski definition) is 11. The molecule has 0 rings (SSSR count). The Hall–Kier alpha value is 1.48. The molecule has 0 aromatic heterocycles. The topological polar surface area (TPSA) is 270 Å². The zero-order valence-electron chi connectivity index (χ0n) is 9.67. The monoisotopic (exact) mass is 440 g/mol. The van der Waals surface area contributed by atoms with Crippen LogP contribution in [0.4, 0.5) is 0 Å². The quantitative estimate of drug-likeness (QED) is 0.199. The maximum Gasteiger partial charge on any atom is 2.00 e. The second-order valence-corrected chi connectivity index (χ2v) is 9.97. The summed E-state index contributed by atoms with van der Waals surface area (Å²) in [6.07, 6.45) is 0. The van der Waals surface area contributed by atoms with Crippen molar-refractivity contribution in [2.75, 3.05) is 0 Å². The fourth-order valence-electron chi connectivity index (χ4n) is 0.566. The minimum atomic E-state index is -6.17. The molecule has 22 heavy (non-hydrogen) atoms. The van der Waals surface area contributed by atoms with Gasteiger partial charge in [-0.05, 0) is 0 Å². The van der Waals surface area contributed by atoms with Crippen LogP contribution in [0.3, 0.4) is 0 Å². The van der Waals surface area contributed by atoms with Crippen LogP contribution in [0, 0.1) is 0 Å². The first-order valence-electron chi connectivity index (χ1n) is 3.74. The summed E-state index contributed by atoms with van der Waals surface area (Å²) in [6, 6.07) is 0. The van der Waals surface area contributed by atoms with Gasteiger partial charge in [0.05, 0.1) is 7.82 Å². The molecule has 0 bridgehead atoms. The van der Waals surface area contributed by atoms with Crippen molar-refractivity contribution in [1.82, 2.24) is 0 Å². The SMILES string of the molecule is O=P([O-])([O-])OP(=O)(O)OP(=O)(O)OP(=O)(O)OP(=O)(O)O.[Mg+2]. The van der Waals surface area contributed by atoms with Gasteiger partial charge >= 0.3 is 54.3 Å². The van der Waals surface area contributed by atoms with Gasteiger partial charge in [-0.2, -0.15) is 12.9 Å². The molecule has 0 saturated heterocycles. The molecule has 3 unspecified atom stereocenters. The van der Waals surface area contributed by atoms with E-state index >= 15 is 0 Å². The Labute approximate surface area is 136 Å². The van der Waals surface area contributed by atoms with Crippen LogP contribution in [0.1, 0.15) is 0 Å². The Balaban J connectivity index is 0. The van der Waals surface area contributed by atoms with Crippen LogP contribution in [0.15, 0.2) is 0 Å². The van der Waals surface area contributed by atoms with Crippen molar-refractivity contribution in [1.29, 1.82) is 0 Å². The van der Waals surface area contributed by atoms with Crippen LogP contribution in [0.2, 0.25) is 0 Å². The molecule has 0 saturated carbocycles. The molecule has 5 N–H and O–H groups in total. The van der Waals surface area contributed by atoms with Crippen LogP contribution in [-0.2, 0) is 40.1 Å². The van der Waals surface area contributed by atoms with E-state index < -0.39 is 39.1 Å². The van der Waals surface area contributed by atoms with Gasteiger partial charge in [0.1, 0.15) is 0 Å². The largest absolute Gasteiger partial charge is 2.00 e. The Morgan fingerprint density at radius 2 is 0.864 bits per heavy atom. The molecule has 0 aromatic carbocycles. The number of hydrogen-bond donors (Lipinski definition) is 5. The standard InChI is InChI=1S/Mg.H7O16P5/c;1-17(2,3)13-19(7,8)15-21(11,12)16-20(9,10)14-18(4,5)6/h;(H,7,8)(H,9,10)(H,11,12)(H2,1,2,3)(H2,4,5,6)/q+2;/p-2. The van der Waals surface area contributed by atoms with Crippen LogP contribution in [-0.4, -0.2) is 47.5 Å². The first-order valence-corrected chi connectivity index (χ1v) is 11.2. The van der Waals surface area contributed by atoms with E-state index in [4.69, 9.17) is 24.5 Å². The van der Waals surface area contributed by atoms with E-state index in [1.54, 1.807) is 0 Å². The van der Waals surface area contributed by atoms with Crippen molar-refractivity contribution in [2.24, 2.45) is 0 Å². The predicted octanol–water partition coefficient (Wildman–Crippen LogP) is -2.11. The average molecular weight is 440 g/mol. The summed E-state index contributed by atoms with van der Waals surface area (Å²) in [7, 11) is -30.1. The van der Waals surface area contributed by atoms with Gasteiger partial charge in [0.25, 0.3) is 0 Å². The summed E-state index contributed by atoms with van der Waals surface area (Å²) in [5.74, 6) is 0. The summed E-state index contributed by atoms with van der Waals surface area (Å²) >= 11 is 0. The third kappa shape index (κ3) is 13.9. The molecule has 0 spiro atoms. The maximum absolute atomic E-state index is 11.0. The fourth-order valence-corrected chi connectivity index (χ4v) is 5.90. The molecule has 0 aromatic rings. The molecule has 0 aliphatic carbocycles. The minimum absolute atomic E-state index is 0. The van der Waals surface area contributed by atoms with Crippen LogP contribution in [0.25, 0.3) is 0 Å². The van der Waals surface area contributed by atoms with Crippen molar-refractivity contribution in [3.05, 3.63) is 0 Å². The van der Waals surface area contributed by atoms with Crippen LogP contribution < -0.4 is 9.79 Å². The molecule has 0 aliphatic heterocycles. The van der Waals surface area contributed by atoms with Gasteiger partial charge in [-0.1, -0.05) is 0 Å². The summed E-state index contributed by atoms with van der Waals surface area (Å²) in [4.78, 5) is 62.2. The molecule has 0 amide bonds. The van der Waals surface area contributed by atoms with Gasteiger partial charge in [-0.15, -0.1) is 0 Å². The molecular formula is H5MgO16P5. The molecule has 3 atom stereocenters. The average Bonchev–Trinajstić information content (AvgIpc) is 1.83. The minimum Gasteiger partial charge on any atom is -0.789 e. The van der Waals surface area contributed by atoms with Gasteiger partial charge in [0, 0.05) is 0 Å². The Kier molecular flexibility index (Phi) is 9.63. The van der Waals surface area contributed by atoms with E-state index in [0.717, 1.165) is 0 Å². The van der Waals surface area contributed by atoms with Gasteiger partial charge in [-0.3, -0.25) is 4.31 Å². The van der Waals surface area contributed by atoms with E-state index in [1.807, 2.05) is 0 Å². The first-order chi connectivity index (χ1) is 8.83. The Morgan fingerprint density at radius 1 is 0.591 bits per heavy atom. The summed E-state index contributed by atoms with van der Waals surface area (Å²) in [5, 5.41) is 0. The van der Waals surface area contributed by atoms with Gasteiger partial charge < -0.3 is 38.8 Å². The fraction of sp³-hybridized carbons (Fsp3) is 0. The normalized spacial score (nSPS) is 21.0. The van der Waals surface area contributed by atoms with Gasteiger partial charge in [-0.25, -0.2) is 18.3 Å². The smallest absolute Gasteiger partial charge is 0.789 e. The molecule has 22 heteroatoms. The second kappa shape index (κ2) is 8.24. The molecular weight excluding hydrogens is 435 g/mol. The summed E-state index contributed by atoms with van der Waals surface area (Å²) < 4.78 is 64.9. The van der Waals surface area contributed by atoms with Crippen molar-refractivity contribution in [2.45, 2.75) is 0 Å². The van der Waals surface area contributed by atoms with Crippen molar-refractivity contribution in [3.63, 3.8) is 0 Å². The van der Waals surface area contributed by atoms with Crippen LogP contribution >= 0.6 is 39.1 Å². The second-order valence-electron chi connectivity index (χ2n) is 2.67. The number of rotatable bonds is 8. The molecule has 0 heterocycles. The Bertz CT molecular complexity index is 552. The van der Waals surface area contributed by atoms with Crippen molar-refractivity contribution < 1.29 is 74.3 Å². The third-order valence-corrected chi connectivity index (χ3v) is 7.43. The summed E-state index contributed by atoms with van der Waals surface area (Å²) in [5.41, 5.74) is 0. The Morgan fingerprint density at radius 3 is 1.14 bits per heavy atom. The van der Waals surface area contributed by atoms with Gasteiger partial charge in [0.2, 0.25) is 0 Å². The maximum atomic E-state index is 11.0. The number of phosphoric acid groups is 5. The zero-order valence-corrected chi connectivity index (χ0v) is 15.6. The van der Waals surface area contributed by atoms with Crippen molar-refractivity contribution >= 4 is 62.2 Å². The summed E-state index contributed by atoms with van der Waals surface area (Å²) in [6.45, 7) is 0. The van der Waals surface area contributed by atoms with E-state index in [9.17, 15) is 32.6 Å². The predicted molar refractivity (Wildman–Crippen MR) is 59.2 cm³/mol. The van der Waals surface area contributed by atoms with E-state index in [1.165, 1.54) is 0 Å². The van der Waals surface area contributed by atoms with Crippen molar-refractivity contribution in [3.8, 4) is 0 Å². The molecule has 0 fully saturated rings. The van der Waals surface area contributed by atoms with E-state index in [-0.39, 0.29) is 23.1 Å². The molecule has 0 radical (unpaired) electrons. The molecule has 0 aliphatic rings.